The molecule has 0 aliphatic heterocycles. The zero-order valence-electron chi connectivity index (χ0n) is 15.2. The Morgan fingerprint density at radius 2 is 1.96 bits per heavy atom. The molecule has 6 nitrogen and oxygen atoms in total. The number of benzene rings is 1. The fourth-order valence-corrected chi connectivity index (χ4v) is 2.72. The van der Waals surface area contributed by atoms with Gasteiger partial charge in [-0.3, -0.25) is 4.79 Å². The van der Waals surface area contributed by atoms with Crippen molar-refractivity contribution in [3.8, 4) is 0 Å². The van der Waals surface area contributed by atoms with Crippen LogP contribution in [0, 0.1) is 0 Å². The lowest BCUT2D eigenvalue weighted by Gasteiger charge is -2.29. The number of carbonyl (C=O) groups excluding carboxylic acids is 1. The van der Waals surface area contributed by atoms with Gasteiger partial charge in [-0.2, -0.15) is 13.2 Å². The quantitative estimate of drug-likeness (QED) is 0.685. The Morgan fingerprint density at radius 1 is 1.30 bits per heavy atom. The van der Waals surface area contributed by atoms with Crippen molar-refractivity contribution in [1.82, 2.24) is 14.9 Å². The number of aryl methyl sites for hydroxylation is 1. The predicted octanol–water partition coefficient (Wildman–Crippen LogP) is 2.20. The van der Waals surface area contributed by atoms with Crippen LogP contribution in [-0.4, -0.2) is 46.9 Å². The summed E-state index contributed by atoms with van der Waals surface area (Å²) in [4.78, 5) is 17.5. The molecule has 27 heavy (non-hydrogen) atoms. The van der Waals surface area contributed by atoms with Gasteiger partial charge in [-0.1, -0.05) is 18.2 Å². The third-order valence-corrected chi connectivity index (χ3v) is 4.27. The van der Waals surface area contributed by atoms with E-state index < -0.39 is 29.9 Å². The molecule has 0 bridgehead atoms. The van der Waals surface area contributed by atoms with Crippen molar-refractivity contribution in [2.45, 2.75) is 24.6 Å². The zero-order chi connectivity index (χ0) is 20.1. The summed E-state index contributed by atoms with van der Waals surface area (Å²) in [6.07, 6.45) is -3.20. The topological polar surface area (TPSA) is 70.4 Å². The lowest BCUT2D eigenvalue weighted by atomic mass is 9.97. The van der Waals surface area contributed by atoms with Crippen molar-refractivity contribution < 1.29 is 23.1 Å². The van der Waals surface area contributed by atoms with Crippen LogP contribution in [0.25, 0.3) is 0 Å². The number of amides is 1. The summed E-state index contributed by atoms with van der Waals surface area (Å²) in [5.74, 6) is -1.51. The Bertz CT molecular complexity index is 749. The minimum absolute atomic E-state index is 0.199. The smallest absolute Gasteiger partial charge is 0.375 e. The van der Waals surface area contributed by atoms with Gasteiger partial charge in [-0.05, 0) is 18.6 Å². The molecule has 2 aromatic rings. The molecule has 0 saturated heterocycles. The number of nitrogens with zero attached hydrogens (tertiary/aromatic N) is 3. The number of aliphatic hydroxyl groups is 1. The summed E-state index contributed by atoms with van der Waals surface area (Å²) in [6, 6.07) is 9.59. The lowest BCUT2D eigenvalue weighted by molar-refractivity contribution is -0.271. The summed E-state index contributed by atoms with van der Waals surface area (Å²) in [5, 5.41) is 12.6. The first kappa shape index (κ1) is 20.8. The minimum atomic E-state index is -5.03. The Hall–Kier alpha value is -2.55. The normalized spacial score (nSPS) is 13.9. The van der Waals surface area contributed by atoms with Gasteiger partial charge in [0.2, 0.25) is 11.5 Å². The second kappa shape index (κ2) is 8.43. The molecule has 1 atom stereocenters. The van der Waals surface area contributed by atoms with Gasteiger partial charge in [0.05, 0.1) is 6.42 Å². The Morgan fingerprint density at radius 3 is 2.52 bits per heavy atom. The number of carbonyl (C=O) groups is 1. The van der Waals surface area contributed by atoms with Crippen molar-refractivity contribution in [2.24, 2.45) is 7.05 Å². The minimum Gasteiger partial charge on any atom is -0.375 e. The number of hydrogen-bond donors (Lipinski definition) is 2. The second-order valence-corrected chi connectivity index (χ2v) is 6.36. The largest absolute Gasteiger partial charge is 0.425 e. The maximum atomic E-state index is 13.4. The molecule has 1 aromatic heterocycles. The van der Waals surface area contributed by atoms with Crippen LogP contribution in [0.2, 0.25) is 0 Å². The van der Waals surface area contributed by atoms with Gasteiger partial charge in [0, 0.05) is 45.3 Å². The zero-order valence-corrected chi connectivity index (χ0v) is 15.2. The van der Waals surface area contributed by atoms with Crippen molar-refractivity contribution in [1.29, 1.82) is 0 Å². The highest BCUT2D eigenvalue weighted by atomic mass is 19.4. The number of alkyl halides is 3. The summed E-state index contributed by atoms with van der Waals surface area (Å²) >= 11 is 0. The van der Waals surface area contributed by atoms with Crippen molar-refractivity contribution >= 4 is 11.6 Å². The van der Waals surface area contributed by atoms with Gasteiger partial charge in [-0.25, -0.2) is 4.98 Å². The summed E-state index contributed by atoms with van der Waals surface area (Å²) < 4.78 is 41.3. The third-order valence-electron chi connectivity index (χ3n) is 4.27. The standard InChI is InChI=1S/C18H23F3N4O2/c1-24(14-7-4-3-5-8-14)11-6-9-22-15(26)13-17(27,18(19,20)21)16-23-10-12-25(16)2/h3-5,7-8,10,12,27H,6,9,11,13H2,1-2H3,(H,22,26)/t17-/m0/s1. The summed E-state index contributed by atoms with van der Waals surface area (Å²) in [5.41, 5.74) is -2.33. The summed E-state index contributed by atoms with van der Waals surface area (Å²) in [6.45, 7) is 0.817. The predicted molar refractivity (Wildman–Crippen MR) is 95.1 cm³/mol. The number of aromatic nitrogens is 2. The molecule has 148 valence electrons. The molecule has 0 saturated carbocycles. The van der Waals surface area contributed by atoms with E-state index in [9.17, 15) is 23.1 Å². The first-order valence-electron chi connectivity index (χ1n) is 8.45. The first-order chi connectivity index (χ1) is 12.6. The van der Waals surface area contributed by atoms with E-state index in [4.69, 9.17) is 0 Å². The van der Waals surface area contributed by atoms with Crippen LogP contribution in [0.5, 0.6) is 0 Å². The monoisotopic (exact) mass is 384 g/mol. The van der Waals surface area contributed by atoms with E-state index in [0.29, 0.717) is 13.0 Å². The third kappa shape index (κ3) is 5.00. The molecule has 0 aliphatic rings. The molecule has 9 heteroatoms. The molecule has 0 radical (unpaired) electrons. The molecule has 2 rings (SSSR count). The van der Waals surface area contributed by atoms with Gasteiger partial charge in [-0.15, -0.1) is 0 Å². The van der Waals surface area contributed by atoms with E-state index >= 15 is 0 Å². The average Bonchev–Trinajstić information content (AvgIpc) is 3.04. The van der Waals surface area contributed by atoms with Crippen LogP contribution < -0.4 is 10.2 Å². The number of para-hydroxylation sites is 1. The number of rotatable bonds is 8. The molecular formula is C18H23F3N4O2. The number of nitrogens with one attached hydrogen (secondary N) is 1. The Kier molecular flexibility index (Phi) is 6.48. The molecule has 1 heterocycles. The molecular weight excluding hydrogens is 361 g/mol. The Balaban J connectivity index is 1.89. The lowest BCUT2D eigenvalue weighted by Crippen LogP contribution is -2.48. The van der Waals surface area contributed by atoms with Gasteiger partial charge in [0.1, 0.15) is 0 Å². The van der Waals surface area contributed by atoms with E-state index in [1.54, 1.807) is 0 Å². The van der Waals surface area contributed by atoms with Crippen LogP contribution in [0.1, 0.15) is 18.7 Å². The molecule has 2 N–H and O–H groups in total. The number of hydrogen-bond acceptors (Lipinski definition) is 4. The maximum absolute atomic E-state index is 13.4. The molecule has 0 aliphatic carbocycles. The van der Waals surface area contributed by atoms with E-state index in [0.717, 1.165) is 16.5 Å². The van der Waals surface area contributed by atoms with E-state index in [1.807, 2.05) is 42.3 Å². The molecule has 1 amide bonds. The van der Waals surface area contributed by atoms with Crippen LogP contribution in [-0.2, 0) is 17.4 Å². The maximum Gasteiger partial charge on any atom is 0.425 e. The molecule has 0 unspecified atom stereocenters. The first-order valence-corrected chi connectivity index (χ1v) is 8.45. The Labute approximate surface area is 155 Å². The SMILES string of the molecule is CN(CCCNC(=O)C[C@](O)(c1nccn1C)C(F)(F)F)c1ccccc1. The molecule has 0 spiro atoms. The highest BCUT2D eigenvalue weighted by Gasteiger charge is 2.58. The highest BCUT2D eigenvalue weighted by molar-refractivity contribution is 5.77. The van der Waals surface area contributed by atoms with Crippen LogP contribution >= 0.6 is 0 Å². The molecule has 1 aromatic carbocycles. The van der Waals surface area contributed by atoms with Gasteiger partial charge in [0.15, 0.2) is 5.82 Å². The van der Waals surface area contributed by atoms with E-state index in [1.165, 1.54) is 13.2 Å². The van der Waals surface area contributed by atoms with Gasteiger partial charge < -0.3 is 19.9 Å². The van der Waals surface area contributed by atoms with Crippen LogP contribution in [0.4, 0.5) is 18.9 Å². The average molecular weight is 384 g/mol. The van der Waals surface area contributed by atoms with Gasteiger partial charge >= 0.3 is 6.18 Å². The second-order valence-electron chi connectivity index (χ2n) is 6.36. The number of imidazole rings is 1. The van der Waals surface area contributed by atoms with E-state index in [-0.39, 0.29) is 6.54 Å². The summed E-state index contributed by atoms with van der Waals surface area (Å²) in [7, 11) is 3.22. The van der Waals surface area contributed by atoms with Crippen LogP contribution in [0.3, 0.4) is 0 Å². The van der Waals surface area contributed by atoms with Crippen molar-refractivity contribution in [3.63, 3.8) is 0 Å². The van der Waals surface area contributed by atoms with E-state index in [2.05, 4.69) is 10.3 Å². The fourth-order valence-electron chi connectivity index (χ4n) is 2.72. The van der Waals surface area contributed by atoms with Crippen molar-refractivity contribution in [2.75, 3.05) is 25.0 Å². The molecule has 0 fully saturated rings. The van der Waals surface area contributed by atoms with Crippen LogP contribution in [0.15, 0.2) is 42.7 Å². The fraction of sp³-hybridized carbons (Fsp3) is 0.444. The number of anilines is 1. The number of halogens is 3. The highest BCUT2D eigenvalue weighted by Crippen LogP contribution is 2.40. The van der Waals surface area contributed by atoms with Crippen molar-refractivity contribution in [3.05, 3.63) is 48.5 Å². The van der Waals surface area contributed by atoms with Gasteiger partial charge in [0.25, 0.3) is 0 Å².